The Morgan fingerprint density at radius 3 is 2.84 bits per heavy atom. The average Bonchev–Trinajstić information content (AvgIpc) is 3.17. The fraction of sp³-hybridized carbons (Fsp3) is 0.211. The number of hydrogen-bond donors (Lipinski definition) is 3. The molecular formula is C19H19Cl2N3O. The van der Waals surface area contributed by atoms with Gasteiger partial charge in [-0.3, -0.25) is 4.79 Å². The SMILES string of the molecule is CCNCc1ccc2[nH]c(-c3ccc(Cl)c4c3C(=O)NC4)cc2c1.Cl. The van der Waals surface area contributed by atoms with Crippen LogP contribution in [-0.4, -0.2) is 17.4 Å². The molecule has 25 heavy (non-hydrogen) atoms. The van der Waals surface area contributed by atoms with Crippen LogP contribution in [0.4, 0.5) is 0 Å². The summed E-state index contributed by atoms with van der Waals surface area (Å²) in [7, 11) is 0. The van der Waals surface area contributed by atoms with Crippen molar-refractivity contribution < 1.29 is 4.79 Å². The van der Waals surface area contributed by atoms with Crippen LogP contribution in [0.25, 0.3) is 22.2 Å². The molecule has 0 unspecified atom stereocenters. The van der Waals surface area contributed by atoms with Crippen LogP contribution in [0.3, 0.4) is 0 Å². The lowest BCUT2D eigenvalue weighted by Crippen LogP contribution is -2.13. The zero-order valence-corrected chi connectivity index (χ0v) is 15.4. The van der Waals surface area contributed by atoms with Gasteiger partial charge in [-0.2, -0.15) is 0 Å². The van der Waals surface area contributed by atoms with Crippen molar-refractivity contribution in [2.45, 2.75) is 20.0 Å². The normalized spacial score (nSPS) is 12.8. The monoisotopic (exact) mass is 375 g/mol. The second kappa shape index (κ2) is 7.08. The highest BCUT2D eigenvalue weighted by atomic mass is 35.5. The summed E-state index contributed by atoms with van der Waals surface area (Å²) in [5.41, 5.74) is 5.71. The Hall–Kier alpha value is -2.01. The summed E-state index contributed by atoms with van der Waals surface area (Å²) in [6.45, 7) is 4.39. The predicted molar refractivity (Wildman–Crippen MR) is 105 cm³/mol. The molecule has 1 aliphatic rings. The van der Waals surface area contributed by atoms with Gasteiger partial charge in [0.05, 0.1) is 5.56 Å². The van der Waals surface area contributed by atoms with Crippen LogP contribution in [0.15, 0.2) is 36.4 Å². The number of nitrogens with one attached hydrogen (secondary N) is 3. The minimum absolute atomic E-state index is 0. The van der Waals surface area contributed by atoms with Gasteiger partial charge >= 0.3 is 0 Å². The molecule has 1 amide bonds. The van der Waals surface area contributed by atoms with Gasteiger partial charge in [-0.25, -0.2) is 0 Å². The number of hydrogen-bond acceptors (Lipinski definition) is 2. The Labute approximate surface area is 157 Å². The third-order valence-corrected chi connectivity index (χ3v) is 4.82. The van der Waals surface area contributed by atoms with Crippen molar-refractivity contribution in [3.63, 3.8) is 0 Å². The van der Waals surface area contributed by atoms with E-state index in [1.54, 1.807) is 0 Å². The van der Waals surface area contributed by atoms with Gasteiger partial charge in [0, 0.05) is 45.8 Å². The van der Waals surface area contributed by atoms with E-state index in [4.69, 9.17) is 11.6 Å². The lowest BCUT2D eigenvalue weighted by Gasteiger charge is -2.06. The quantitative estimate of drug-likeness (QED) is 0.637. The molecule has 3 aromatic rings. The van der Waals surface area contributed by atoms with Crippen molar-refractivity contribution in [1.82, 2.24) is 15.6 Å². The fourth-order valence-corrected chi connectivity index (χ4v) is 3.47. The van der Waals surface area contributed by atoms with Crippen LogP contribution in [-0.2, 0) is 13.1 Å². The van der Waals surface area contributed by atoms with E-state index in [1.807, 2.05) is 12.1 Å². The first-order valence-corrected chi connectivity index (χ1v) is 8.47. The van der Waals surface area contributed by atoms with Crippen LogP contribution in [0, 0.1) is 0 Å². The Bertz CT molecular complexity index is 949. The number of benzene rings is 2. The molecular weight excluding hydrogens is 357 g/mol. The number of rotatable bonds is 4. The molecule has 0 spiro atoms. The summed E-state index contributed by atoms with van der Waals surface area (Å²) in [4.78, 5) is 15.6. The van der Waals surface area contributed by atoms with E-state index in [2.05, 4.69) is 46.8 Å². The van der Waals surface area contributed by atoms with Gasteiger partial charge in [-0.15, -0.1) is 12.4 Å². The molecule has 130 valence electrons. The number of fused-ring (bicyclic) bond motifs is 2. The van der Waals surface area contributed by atoms with Gasteiger partial charge in [0.1, 0.15) is 0 Å². The summed E-state index contributed by atoms with van der Waals surface area (Å²) in [5.74, 6) is -0.0611. The van der Waals surface area contributed by atoms with Gasteiger partial charge < -0.3 is 15.6 Å². The van der Waals surface area contributed by atoms with Crippen LogP contribution >= 0.6 is 24.0 Å². The van der Waals surface area contributed by atoms with Crippen molar-refractivity contribution in [2.24, 2.45) is 0 Å². The van der Waals surface area contributed by atoms with Gasteiger partial charge in [0.25, 0.3) is 5.91 Å². The average molecular weight is 376 g/mol. The van der Waals surface area contributed by atoms with Crippen LogP contribution in [0.1, 0.15) is 28.4 Å². The van der Waals surface area contributed by atoms with E-state index in [9.17, 15) is 4.79 Å². The van der Waals surface area contributed by atoms with Crippen molar-refractivity contribution in [3.8, 4) is 11.3 Å². The third kappa shape index (κ3) is 3.13. The van der Waals surface area contributed by atoms with E-state index < -0.39 is 0 Å². The van der Waals surface area contributed by atoms with E-state index in [-0.39, 0.29) is 18.3 Å². The largest absolute Gasteiger partial charge is 0.355 e. The lowest BCUT2D eigenvalue weighted by molar-refractivity contribution is 0.0966. The molecule has 0 bridgehead atoms. The Kier molecular flexibility index (Phi) is 5.04. The number of carbonyl (C=O) groups is 1. The fourth-order valence-electron chi connectivity index (χ4n) is 3.24. The van der Waals surface area contributed by atoms with Crippen LogP contribution in [0.2, 0.25) is 5.02 Å². The zero-order chi connectivity index (χ0) is 16.7. The van der Waals surface area contributed by atoms with E-state index in [0.29, 0.717) is 17.1 Å². The van der Waals surface area contributed by atoms with Gasteiger partial charge in [0.2, 0.25) is 0 Å². The van der Waals surface area contributed by atoms with Gasteiger partial charge in [0.15, 0.2) is 0 Å². The lowest BCUT2D eigenvalue weighted by atomic mass is 10.0. The summed E-state index contributed by atoms with van der Waals surface area (Å²) in [5, 5.41) is 7.97. The van der Waals surface area contributed by atoms with Crippen molar-refractivity contribution in [3.05, 3.63) is 58.1 Å². The topological polar surface area (TPSA) is 56.9 Å². The maximum Gasteiger partial charge on any atom is 0.252 e. The molecule has 3 N–H and O–H groups in total. The highest BCUT2D eigenvalue weighted by Crippen LogP contribution is 2.34. The smallest absolute Gasteiger partial charge is 0.252 e. The molecule has 2 aromatic carbocycles. The molecule has 0 radical (unpaired) electrons. The Morgan fingerprint density at radius 1 is 1.20 bits per heavy atom. The summed E-state index contributed by atoms with van der Waals surface area (Å²) >= 11 is 6.23. The summed E-state index contributed by atoms with van der Waals surface area (Å²) in [6, 6.07) is 12.2. The highest BCUT2D eigenvalue weighted by molar-refractivity contribution is 6.32. The minimum atomic E-state index is -0.0611. The number of H-pyrrole nitrogens is 1. The van der Waals surface area contributed by atoms with Crippen LogP contribution < -0.4 is 10.6 Å². The number of aromatic nitrogens is 1. The standard InChI is InChI=1S/C19H18ClN3O.ClH/c1-2-21-9-11-3-6-16-12(7-11)8-17(23-16)13-4-5-15(20)14-10-22-19(24)18(13)14;/h3-8,21,23H,2,9-10H2,1H3,(H,22,24);1H. The minimum Gasteiger partial charge on any atom is -0.355 e. The third-order valence-electron chi connectivity index (χ3n) is 4.46. The molecule has 0 aliphatic carbocycles. The second-order valence-electron chi connectivity index (χ2n) is 6.02. The van der Waals surface area contributed by atoms with E-state index in [1.165, 1.54) is 5.56 Å². The first kappa shape index (κ1) is 17.8. The van der Waals surface area contributed by atoms with Crippen molar-refractivity contribution >= 4 is 40.8 Å². The first-order chi connectivity index (χ1) is 11.7. The Morgan fingerprint density at radius 2 is 2.04 bits per heavy atom. The number of amides is 1. The highest BCUT2D eigenvalue weighted by Gasteiger charge is 2.26. The molecule has 0 atom stereocenters. The molecule has 0 saturated carbocycles. The molecule has 0 fully saturated rings. The maximum atomic E-state index is 12.2. The van der Waals surface area contributed by atoms with Gasteiger partial charge in [-0.05, 0) is 36.4 Å². The molecule has 1 aliphatic heterocycles. The second-order valence-corrected chi connectivity index (χ2v) is 6.42. The van der Waals surface area contributed by atoms with E-state index >= 15 is 0 Å². The molecule has 4 rings (SSSR count). The number of carbonyl (C=O) groups excluding carboxylic acids is 1. The molecule has 1 aromatic heterocycles. The summed E-state index contributed by atoms with van der Waals surface area (Å²) in [6.07, 6.45) is 0. The first-order valence-electron chi connectivity index (χ1n) is 8.09. The molecule has 0 saturated heterocycles. The number of aromatic amines is 1. The van der Waals surface area contributed by atoms with Crippen molar-refractivity contribution in [1.29, 1.82) is 0 Å². The molecule has 6 heteroatoms. The van der Waals surface area contributed by atoms with Gasteiger partial charge in [-0.1, -0.05) is 30.7 Å². The maximum absolute atomic E-state index is 12.2. The number of halogens is 2. The zero-order valence-electron chi connectivity index (χ0n) is 13.8. The van der Waals surface area contributed by atoms with Crippen molar-refractivity contribution in [2.75, 3.05) is 6.54 Å². The summed E-state index contributed by atoms with van der Waals surface area (Å²) < 4.78 is 0. The van der Waals surface area contributed by atoms with Crippen LogP contribution in [0.5, 0.6) is 0 Å². The van der Waals surface area contributed by atoms with E-state index in [0.717, 1.165) is 40.8 Å². The molecule has 2 heterocycles. The predicted octanol–water partition coefficient (Wildman–Crippen LogP) is 4.26. The molecule has 4 nitrogen and oxygen atoms in total. The Balaban J connectivity index is 0.00000182.